The van der Waals surface area contributed by atoms with Crippen LogP contribution in [0.5, 0.6) is 0 Å². The summed E-state index contributed by atoms with van der Waals surface area (Å²) in [5.74, 6) is 0.587. The number of nitrogens with zero attached hydrogens (tertiary/aromatic N) is 6. The van der Waals surface area contributed by atoms with Gasteiger partial charge in [0.25, 0.3) is 0 Å². The van der Waals surface area contributed by atoms with E-state index in [1.54, 1.807) is 29.3 Å². The zero-order valence-electron chi connectivity index (χ0n) is 19.4. The molecule has 2 aliphatic rings. The van der Waals surface area contributed by atoms with Crippen molar-refractivity contribution >= 4 is 23.5 Å². The molecule has 0 aliphatic heterocycles. The van der Waals surface area contributed by atoms with Gasteiger partial charge in [-0.1, -0.05) is 0 Å². The summed E-state index contributed by atoms with van der Waals surface area (Å²) in [5, 5.41) is 17.5. The van der Waals surface area contributed by atoms with Gasteiger partial charge in [-0.25, -0.2) is 19.2 Å². The molecular formula is C23H26FN9O2. The van der Waals surface area contributed by atoms with E-state index in [1.165, 1.54) is 0 Å². The van der Waals surface area contributed by atoms with E-state index in [2.05, 4.69) is 30.9 Å². The zero-order valence-corrected chi connectivity index (χ0v) is 19.4. The van der Waals surface area contributed by atoms with Crippen molar-refractivity contribution in [3.8, 4) is 11.3 Å². The minimum absolute atomic E-state index is 0.201. The van der Waals surface area contributed by atoms with Crippen molar-refractivity contribution in [3.63, 3.8) is 0 Å². The van der Waals surface area contributed by atoms with Gasteiger partial charge in [-0.3, -0.25) is 14.2 Å². The number of aromatic amines is 1. The zero-order chi connectivity index (χ0) is 24.2. The van der Waals surface area contributed by atoms with E-state index in [0.717, 1.165) is 24.1 Å². The summed E-state index contributed by atoms with van der Waals surface area (Å²) in [6.07, 6.45) is 7.33. The number of rotatable bonds is 6. The number of aryl methyl sites for hydroxylation is 1. The third-order valence-corrected chi connectivity index (χ3v) is 6.79. The summed E-state index contributed by atoms with van der Waals surface area (Å²) in [5.41, 5.74) is 2.74. The largest absolute Gasteiger partial charge is 0.443 e. The quantitative estimate of drug-likeness (QED) is 0.386. The molecule has 2 fully saturated rings. The average molecular weight is 480 g/mol. The van der Waals surface area contributed by atoms with Crippen LogP contribution in [-0.4, -0.2) is 58.3 Å². The number of ether oxygens (including phenoxy) is 1. The van der Waals surface area contributed by atoms with Crippen molar-refractivity contribution in [2.75, 3.05) is 5.32 Å². The number of carbonyl (C=O) groups excluding carboxylic acids is 1. The van der Waals surface area contributed by atoms with Crippen LogP contribution in [0.1, 0.15) is 44.2 Å². The molecule has 11 nitrogen and oxygen atoms in total. The van der Waals surface area contributed by atoms with Gasteiger partial charge in [-0.05, 0) is 32.6 Å². The van der Waals surface area contributed by atoms with Crippen LogP contribution >= 0.6 is 0 Å². The number of halogens is 1. The Hall–Kier alpha value is -3.96. The van der Waals surface area contributed by atoms with Crippen LogP contribution < -0.4 is 10.6 Å². The Balaban J connectivity index is 1.18. The number of hydrogen-bond acceptors (Lipinski definition) is 7. The SMILES string of the molecule is Cn1cc(-c2cc3nccn3c(Nc3cc([C@@H]4CC[C@H](OC(=O)NC5(C)CC5)[C@H]4F)[nH]n3)n2)cn1. The van der Waals surface area contributed by atoms with Gasteiger partial charge < -0.3 is 15.4 Å². The van der Waals surface area contributed by atoms with Crippen LogP contribution in [0.3, 0.4) is 0 Å². The van der Waals surface area contributed by atoms with Crippen molar-refractivity contribution in [1.29, 1.82) is 0 Å². The van der Waals surface area contributed by atoms with Gasteiger partial charge in [0.1, 0.15) is 17.9 Å². The smallest absolute Gasteiger partial charge is 0.407 e. The predicted octanol–water partition coefficient (Wildman–Crippen LogP) is 3.46. The number of aromatic nitrogens is 7. The maximum absolute atomic E-state index is 15.2. The fraction of sp³-hybridized carbons (Fsp3) is 0.435. The van der Waals surface area contributed by atoms with Crippen molar-refractivity contribution in [2.24, 2.45) is 7.05 Å². The highest BCUT2D eigenvalue weighted by Gasteiger charge is 2.43. The molecule has 2 aliphatic carbocycles. The standard InChI is InChI=1S/C23H26FN9O2/c1-23(5-6-23)29-22(34)35-17-4-3-14(20(17)24)16-9-18(31-30-16)28-21-27-15(13-11-26-32(2)12-13)10-19-25-7-8-33(19)21/h7-12,14,17,20H,3-6H2,1-2H3,(H,29,34)(H2,27,28,30,31)/t14-,17-,20-/m0/s1. The first-order valence-electron chi connectivity index (χ1n) is 11.7. The Bertz CT molecular complexity index is 1390. The molecule has 0 unspecified atom stereocenters. The molecule has 1 amide bonds. The number of amides is 1. The lowest BCUT2D eigenvalue weighted by Gasteiger charge is -2.19. The molecule has 2 saturated carbocycles. The lowest BCUT2D eigenvalue weighted by molar-refractivity contribution is 0.0546. The average Bonchev–Trinajstić information content (AvgIpc) is 3.34. The Morgan fingerprint density at radius 3 is 2.94 bits per heavy atom. The van der Waals surface area contributed by atoms with Crippen molar-refractivity contribution in [1.82, 2.24) is 39.7 Å². The molecular weight excluding hydrogens is 453 g/mol. The number of nitrogens with one attached hydrogen (secondary N) is 3. The maximum atomic E-state index is 15.2. The highest BCUT2D eigenvalue weighted by molar-refractivity contribution is 5.69. The molecule has 4 aromatic heterocycles. The molecule has 12 heteroatoms. The fourth-order valence-corrected chi connectivity index (χ4v) is 4.52. The highest BCUT2D eigenvalue weighted by Crippen LogP contribution is 2.39. The normalized spacial score (nSPS) is 22.9. The fourth-order valence-electron chi connectivity index (χ4n) is 4.52. The summed E-state index contributed by atoms with van der Waals surface area (Å²) in [7, 11) is 1.85. The second-order valence-electron chi connectivity index (χ2n) is 9.61. The van der Waals surface area contributed by atoms with E-state index in [1.807, 2.05) is 30.6 Å². The van der Waals surface area contributed by atoms with Crippen molar-refractivity contribution in [3.05, 3.63) is 42.6 Å². The Morgan fingerprint density at radius 2 is 2.17 bits per heavy atom. The molecule has 6 rings (SSSR count). The van der Waals surface area contributed by atoms with Gasteiger partial charge in [0, 0.05) is 60.5 Å². The van der Waals surface area contributed by atoms with Gasteiger partial charge in [0.05, 0.1) is 11.9 Å². The first kappa shape index (κ1) is 21.6. The van der Waals surface area contributed by atoms with Crippen LogP contribution in [0.15, 0.2) is 36.9 Å². The highest BCUT2D eigenvalue weighted by atomic mass is 19.1. The molecule has 35 heavy (non-hydrogen) atoms. The van der Waals surface area contributed by atoms with Crippen molar-refractivity contribution < 1.29 is 13.9 Å². The topological polar surface area (TPSA) is 127 Å². The summed E-state index contributed by atoms with van der Waals surface area (Å²) < 4.78 is 24.1. The number of fused-ring (bicyclic) bond motifs is 1. The second kappa shape index (κ2) is 8.07. The summed E-state index contributed by atoms with van der Waals surface area (Å²) in [6, 6.07) is 3.65. The number of anilines is 2. The third-order valence-electron chi connectivity index (χ3n) is 6.79. The third kappa shape index (κ3) is 4.19. The first-order valence-corrected chi connectivity index (χ1v) is 11.7. The van der Waals surface area contributed by atoms with E-state index in [-0.39, 0.29) is 5.54 Å². The molecule has 3 N–H and O–H groups in total. The molecule has 3 atom stereocenters. The minimum Gasteiger partial charge on any atom is -0.443 e. The van der Waals surface area contributed by atoms with Crippen LogP contribution in [0.25, 0.3) is 16.9 Å². The molecule has 182 valence electrons. The van der Waals surface area contributed by atoms with Gasteiger partial charge in [0.15, 0.2) is 5.82 Å². The van der Waals surface area contributed by atoms with E-state index in [9.17, 15) is 4.79 Å². The van der Waals surface area contributed by atoms with Gasteiger partial charge in [-0.2, -0.15) is 10.2 Å². The lowest BCUT2D eigenvalue weighted by Crippen LogP contribution is -2.38. The maximum Gasteiger partial charge on any atom is 0.407 e. The number of alkyl carbamates (subject to hydrolysis) is 1. The number of imidazole rings is 1. The van der Waals surface area contributed by atoms with Crippen LogP contribution in [0, 0.1) is 0 Å². The Kier molecular flexibility index (Phi) is 4.97. The number of alkyl halides is 1. The molecule has 4 heterocycles. The van der Waals surface area contributed by atoms with E-state index in [4.69, 9.17) is 9.72 Å². The second-order valence-corrected chi connectivity index (χ2v) is 9.61. The lowest BCUT2D eigenvalue weighted by atomic mass is 10.0. The molecule has 0 spiro atoms. The van der Waals surface area contributed by atoms with Crippen LogP contribution in [0.2, 0.25) is 0 Å². The number of hydrogen-bond donors (Lipinski definition) is 3. The van der Waals surface area contributed by atoms with E-state index < -0.39 is 24.3 Å². The van der Waals surface area contributed by atoms with E-state index >= 15 is 4.39 Å². The van der Waals surface area contributed by atoms with Crippen LogP contribution in [0.4, 0.5) is 21.0 Å². The van der Waals surface area contributed by atoms with Gasteiger partial charge >= 0.3 is 6.09 Å². The van der Waals surface area contributed by atoms with Crippen LogP contribution in [-0.2, 0) is 11.8 Å². The molecule has 4 aromatic rings. The number of H-pyrrole nitrogens is 1. The summed E-state index contributed by atoms with van der Waals surface area (Å²) in [4.78, 5) is 21.2. The number of carbonyl (C=O) groups is 1. The van der Waals surface area contributed by atoms with Gasteiger partial charge in [-0.15, -0.1) is 0 Å². The van der Waals surface area contributed by atoms with E-state index in [0.29, 0.717) is 36.0 Å². The summed E-state index contributed by atoms with van der Waals surface area (Å²) in [6.45, 7) is 1.95. The monoisotopic (exact) mass is 479 g/mol. The predicted molar refractivity (Wildman–Crippen MR) is 125 cm³/mol. The molecule has 0 radical (unpaired) electrons. The summed E-state index contributed by atoms with van der Waals surface area (Å²) >= 11 is 0. The minimum atomic E-state index is -1.31. The Morgan fingerprint density at radius 1 is 1.31 bits per heavy atom. The van der Waals surface area contributed by atoms with Gasteiger partial charge in [0.2, 0.25) is 5.95 Å². The van der Waals surface area contributed by atoms with Crippen molar-refractivity contribution in [2.45, 2.75) is 56.3 Å². The molecule has 0 saturated heterocycles. The Labute approximate surface area is 200 Å². The molecule has 0 bridgehead atoms. The first-order chi connectivity index (χ1) is 16.9. The molecule has 0 aromatic carbocycles.